The Morgan fingerprint density at radius 2 is 2.08 bits per heavy atom. The van der Waals surface area contributed by atoms with Crippen molar-refractivity contribution in [1.29, 1.82) is 0 Å². The van der Waals surface area contributed by atoms with E-state index in [2.05, 4.69) is 5.32 Å². The maximum atomic E-state index is 12.5. The van der Waals surface area contributed by atoms with Crippen LogP contribution in [0.25, 0.3) is 0 Å². The molecule has 1 aliphatic carbocycles. The van der Waals surface area contributed by atoms with Crippen LogP contribution in [-0.4, -0.2) is 63.8 Å². The number of benzene rings is 1. The van der Waals surface area contributed by atoms with Gasteiger partial charge in [0.2, 0.25) is 5.91 Å². The molecule has 1 aliphatic heterocycles. The summed E-state index contributed by atoms with van der Waals surface area (Å²) in [5.74, 6) is 0.617. The number of hydrogen-bond donors (Lipinski definition) is 1. The fourth-order valence-corrected chi connectivity index (χ4v) is 3.13. The Bertz CT molecular complexity index is 645. The molecule has 136 valence electrons. The van der Waals surface area contributed by atoms with Crippen LogP contribution in [0.15, 0.2) is 24.3 Å². The van der Waals surface area contributed by atoms with Crippen molar-refractivity contribution in [3.05, 3.63) is 24.3 Å². The van der Waals surface area contributed by atoms with E-state index in [1.807, 2.05) is 24.3 Å². The van der Waals surface area contributed by atoms with Gasteiger partial charge in [-0.15, -0.1) is 0 Å². The number of hydrogen-bond acceptors (Lipinski definition) is 4. The van der Waals surface area contributed by atoms with Crippen molar-refractivity contribution < 1.29 is 19.1 Å². The molecule has 0 radical (unpaired) electrons. The zero-order valence-electron chi connectivity index (χ0n) is 14.8. The summed E-state index contributed by atoms with van der Waals surface area (Å²) in [6.45, 7) is 2.33. The summed E-state index contributed by atoms with van der Waals surface area (Å²) >= 11 is 0. The Morgan fingerprint density at radius 3 is 2.72 bits per heavy atom. The van der Waals surface area contributed by atoms with Crippen LogP contribution in [0.3, 0.4) is 0 Å². The van der Waals surface area contributed by atoms with E-state index < -0.39 is 0 Å². The lowest BCUT2D eigenvalue weighted by molar-refractivity contribution is -0.120. The number of ether oxygens (including phenoxy) is 2. The summed E-state index contributed by atoms with van der Waals surface area (Å²) in [5.41, 5.74) is 0.887. The maximum Gasteiger partial charge on any atom is 0.317 e. The first-order valence-corrected chi connectivity index (χ1v) is 8.53. The molecular formula is C18H25N3O4. The predicted octanol–water partition coefficient (Wildman–Crippen LogP) is 1.48. The van der Waals surface area contributed by atoms with Gasteiger partial charge in [0.05, 0.1) is 13.7 Å². The largest absolute Gasteiger partial charge is 0.497 e. The molecule has 1 heterocycles. The third-order valence-corrected chi connectivity index (χ3v) is 4.90. The molecule has 1 aromatic carbocycles. The van der Waals surface area contributed by atoms with Crippen LogP contribution in [-0.2, 0) is 9.53 Å². The molecule has 1 saturated heterocycles. The van der Waals surface area contributed by atoms with Crippen molar-refractivity contribution in [2.45, 2.75) is 12.8 Å². The second-order valence-electron chi connectivity index (χ2n) is 6.76. The molecule has 0 bridgehead atoms. The van der Waals surface area contributed by atoms with Crippen molar-refractivity contribution in [1.82, 2.24) is 10.2 Å². The van der Waals surface area contributed by atoms with Crippen LogP contribution in [0.2, 0.25) is 0 Å². The lowest BCUT2D eigenvalue weighted by atomic mass is 10.1. The van der Waals surface area contributed by atoms with Gasteiger partial charge in [-0.1, -0.05) is 6.07 Å². The van der Waals surface area contributed by atoms with E-state index in [-0.39, 0.29) is 23.9 Å². The zero-order valence-corrected chi connectivity index (χ0v) is 14.8. The monoisotopic (exact) mass is 347 g/mol. The Kier molecular flexibility index (Phi) is 5.13. The van der Waals surface area contributed by atoms with Gasteiger partial charge in [-0.25, -0.2) is 4.79 Å². The quantitative estimate of drug-likeness (QED) is 0.846. The van der Waals surface area contributed by atoms with Gasteiger partial charge in [-0.05, 0) is 25.0 Å². The number of nitrogens with zero attached hydrogens (tertiary/aromatic N) is 2. The first kappa shape index (κ1) is 17.5. The van der Waals surface area contributed by atoms with Crippen molar-refractivity contribution in [2.24, 2.45) is 5.41 Å². The Balaban J connectivity index is 1.54. The summed E-state index contributed by atoms with van der Waals surface area (Å²) in [6, 6.07) is 7.21. The van der Waals surface area contributed by atoms with E-state index in [1.54, 1.807) is 24.0 Å². The molecule has 1 N–H and O–H groups in total. The number of rotatable bonds is 6. The lowest BCUT2D eigenvalue weighted by Gasteiger charge is -2.34. The minimum atomic E-state index is -0.180. The van der Waals surface area contributed by atoms with Crippen molar-refractivity contribution in [3.63, 3.8) is 0 Å². The highest BCUT2D eigenvalue weighted by atomic mass is 16.5. The highest BCUT2D eigenvalue weighted by Crippen LogP contribution is 2.45. The molecule has 0 aromatic heterocycles. The summed E-state index contributed by atoms with van der Waals surface area (Å²) in [6.07, 6.45) is 2.15. The van der Waals surface area contributed by atoms with E-state index in [9.17, 15) is 9.59 Å². The molecule has 1 saturated carbocycles. The predicted molar refractivity (Wildman–Crippen MR) is 93.9 cm³/mol. The van der Waals surface area contributed by atoms with Gasteiger partial charge >= 0.3 is 6.03 Å². The maximum absolute atomic E-state index is 12.5. The third-order valence-electron chi connectivity index (χ3n) is 4.90. The summed E-state index contributed by atoms with van der Waals surface area (Å²) in [4.78, 5) is 28.1. The summed E-state index contributed by atoms with van der Waals surface area (Å²) in [5, 5.41) is 2.95. The van der Waals surface area contributed by atoms with Gasteiger partial charge in [0, 0.05) is 43.9 Å². The Hall–Kier alpha value is -2.28. The minimum Gasteiger partial charge on any atom is -0.497 e. The van der Waals surface area contributed by atoms with Crippen molar-refractivity contribution >= 4 is 17.6 Å². The molecule has 0 unspecified atom stereocenters. The summed E-state index contributed by atoms with van der Waals surface area (Å²) < 4.78 is 10.4. The van der Waals surface area contributed by atoms with Crippen LogP contribution in [0.1, 0.15) is 12.8 Å². The molecule has 2 aliphatic rings. The van der Waals surface area contributed by atoms with Gasteiger partial charge < -0.3 is 24.6 Å². The van der Waals surface area contributed by atoms with E-state index in [1.165, 1.54) is 0 Å². The number of carbonyl (C=O) groups is 2. The van der Waals surface area contributed by atoms with Crippen molar-refractivity contribution in [2.75, 3.05) is 51.9 Å². The van der Waals surface area contributed by atoms with E-state index in [0.717, 1.165) is 18.5 Å². The smallest absolute Gasteiger partial charge is 0.317 e. The molecule has 7 heteroatoms. The molecule has 2 fully saturated rings. The number of anilines is 1. The molecule has 0 spiro atoms. The van der Waals surface area contributed by atoms with Gasteiger partial charge in [0.1, 0.15) is 12.3 Å². The first-order valence-electron chi connectivity index (χ1n) is 8.53. The molecular weight excluding hydrogens is 322 g/mol. The number of methoxy groups -OCH3 is 2. The number of nitrogens with one attached hydrogen (secondary N) is 1. The van der Waals surface area contributed by atoms with Gasteiger partial charge in [-0.3, -0.25) is 4.79 Å². The molecule has 3 amide bonds. The second kappa shape index (κ2) is 7.31. The zero-order chi connectivity index (χ0) is 17.9. The summed E-state index contributed by atoms with van der Waals surface area (Å²) in [7, 11) is 3.28. The van der Waals surface area contributed by atoms with Gasteiger partial charge in [0.15, 0.2) is 0 Å². The highest BCUT2D eigenvalue weighted by Gasteiger charge is 2.43. The molecule has 0 atom stereocenters. The number of urea groups is 1. The lowest BCUT2D eigenvalue weighted by Crippen LogP contribution is -2.55. The molecule has 25 heavy (non-hydrogen) atoms. The van der Waals surface area contributed by atoms with Crippen LogP contribution in [0.5, 0.6) is 5.75 Å². The average Bonchev–Trinajstić information content (AvgIpc) is 3.40. The molecule has 1 aromatic rings. The first-order chi connectivity index (χ1) is 12.1. The molecule has 3 rings (SSSR count). The topological polar surface area (TPSA) is 71.1 Å². The fourth-order valence-electron chi connectivity index (χ4n) is 3.13. The van der Waals surface area contributed by atoms with Gasteiger partial charge in [0.25, 0.3) is 0 Å². The average molecular weight is 347 g/mol. The van der Waals surface area contributed by atoms with E-state index >= 15 is 0 Å². The Labute approximate surface area is 147 Å². The van der Waals surface area contributed by atoms with Crippen molar-refractivity contribution in [3.8, 4) is 5.75 Å². The standard InChI is InChI=1S/C18H25N3O4/c1-24-13-18(6-7-18)12-19-17(23)20-8-9-21(16(22)11-20)14-4-3-5-15(10-14)25-2/h3-5,10H,6-9,11-13H2,1-2H3,(H,19,23). The van der Waals surface area contributed by atoms with Gasteiger partial charge in [-0.2, -0.15) is 0 Å². The highest BCUT2D eigenvalue weighted by molar-refractivity contribution is 5.97. The normalized spacial score (nSPS) is 18.9. The molecule has 7 nitrogen and oxygen atoms in total. The second-order valence-corrected chi connectivity index (χ2v) is 6.76. The van der Waals surface area contributed by atoms with Crippen LogP contribution in [0, 0.1) is 5.41 Å². The SMILES string of the molecule is COCC1(CNC(=O)N2CCN(c3cccc(OC)c3)C(=O)C2)CC1. The number of amides is 3. The van der Waals surface area contributed by atoms with Crippen LogP contribution < -0.4 is 15.0 Å². The third kappa shape index (κ3) is 4.04. The number of piperazine rings is 1. The minimum absolute atomic E-state index is 0.0837. The van der Waals surface area contributed by atoms with E-state index in [0.29, 0.717) is 32.0 Å². The van der Waals surface area contributed by atoms with Crippen LogP contribution in [0.4, 0.5) is 10.5 Å². The fraction of sp³-hybridized carbons (Fsp3) is 0.556. The van der Waals surface area contributed by atoms with E-state index in [4.69, 9.17) is 9.47 Å². The Morgan fingerprint density at radius 1 is 1.28 bits per heavy atom. The number of carbonyl (C=O) groups excluding carboxylic acids is 2. The van der Waals surface area contributed by atoms with Crippen LogP contribution >= 0.6 is 0 Å².